The number of carbonyl (C=O) groups excluding carboxylic acids is 1. The molecule has 0 spiro atoms. The third-order valence-corrected chi connectivity index (χ3v) is 5.29. The van der Waals surface area contributed by atoms with E-state index in [4.69, 9.17) is 0 Å². The summed E-state index contributed by atoms with van der Waals surface area (Å²) in [5.41, 5.74) is 5.06. The van der Waals surface area contributed by atoms with E-state index in [-0.39, 0.29) is 11.9 Å². The fourth-order valence-electron chi connectivity index (χ4n) is 4.00. The first-order valence-electron chi connectivity index (χ1n) is 9.46. The van der Waals surface area contributed by atoms with E-state index in [0.29, 0.717) is 0 Å². The number of nitrogens with zero attached hydrogens (tertiary/aromatic N) is 2. The van der Waals surface area contributed by atoms with Crippen LogP contribution in [0.3, 0.4) is 0 Å². The Kier molecular flexibility index (Phi) is 4.46. The number of aromatic nitrogens is 1. The Labute approximate surface area is 154 Å². The number of carbonyl (C=O) groups is 1. The van der Waals surface area contributed by atoms with Crippen LogP contribution in [0.1, 0.15) is 47.7 Å². The minimum atomic E-state index is 0.102. The summed E-state index contributed by atoms with van der Waals surface area (Å²) in [5.74, 6) is 0.102. The van der Waals surface area contributed by atoms with Gasteiger partial charge in [0.15, 0.2) is 0 Å². The molecule has 132 valence electrons. The van der Waals surface area contributed by atoms with Crippen LogP contribution in [0.2, 0.25) is 0 Å². The Morgan fingerprint density at radius 3 is 2.85 bits per heavy atom. The molecule has 0 fully saturated rings. The summed E-state index contributed by atoms with van der Waals surface area (Å²) in [6.45, 7) is 4.29. The van der Waals surface area contributed by atoms with Crippen molar-refractivity contribution in [2.45, 2.75) is 45.6 Å². The number of pyridine rings is 1. The van der Waals surface area contributed by atoms with Gasteiger partial charge in [0.05, 0.1) is 11.2 Å². The Balaban J connectivity index is 1.85. The van der Waals surface area contributed by atoms with Crippen LogP contribution in [0.5, 0.6) is 0 Å². The first-order valence-corrected chi connectivity index (χ1v) is 9.46. The fourth-order valence-corrected chi connectivity index (χ4v) is 4.00. The van der Waals surface area contributed by atoms with Crippen LogP contribution >= 0.6 is 0 Å². The highest BCUT2D eigenvalue weighted by Crippen LogP contribution is 2.34. The molecular formula is C23H24N2O. The first-order chi connectivity index (χ1) is 12.7. The molecule has 2 aromatic carbocycles. The zero-order valence-electron chi connectivity index (χ0n) is 15.4. The number of anilines is 1. The minimum absolute atomic E-state index is 0.102. The van der Waals surface area contributed by atoms with Gasteiger partial charge in [-0.3, -0.25) is 9.78 Å². The van der Waals surface area contributed by atoms with Crippen molar-refractivity contribution in [3.8, 4) is 0 Å². The topological polar surface area (TPSA) is 33.2 Å². The molecular weight excluding hydrogens is 320 g/mol. The summed E-state index contributed by atoms with van der Waals surface area (Å²) in [5, 5.41) is 1.07. The number of fused-ring (bicyclic) bond motifs is 2. The summed E-state index contributed by atoms with van der Waals surface area (Å²) in [6, 6.07) is 16.5. The van der Waals surface area contributed by atoms with E-state index >= 15 is 0 Å². The third kappa shape index (κ3) is 2.88. The molecule has 3 aromatic rings. The molecule has 26 heavy (non-hydrogen) atoms. The SMILES string of the molecule is CCCC[C@@H]1Cc2cc(C)ccc2C(=O)N1c1cccc2cccnc12. The lowest BCUT2D eigenvalue weighted by Crippen LogP contribution is -2.46. The van der Waals surface area contributed by atoms with Gasteiger partial charge in [0.25, 0.3) is 5.91 Å². The van der Waals surface area contributed by atoms with E-state index in [0.717, 1.165) is 47.8 Å². The number of hydrogen-bond donors (Lipinski definition) is 0. The van der Waals surface area contributed by atoms with Crippen molar-refractivity contribution < 1.29 is 4.79 Å². The average molecular weight is 344 g/mol. The van der Waals surface area contributed by atoms with E-state index in [1.807, 2.05) is 35.2 Å². The number of amides is 1. The fraction of sp³-hybridized carbons (Fsp3) is 0.304. The van der Waals surface area contributed by atoms with Gasteiger partial charge in [-0.25, -0.2) is 0 Å². The van der Waals surface area contributed by atoms with Crippen LogP contribution in [0, 0.1) is 6.92 Å². The highest BCUT2D eigenvalue weighted by Gasteiger charge is 2.34. The molecule has 1 amide bonds. The van der Waals surface area contributed by atoms with Crippen LogP contribution in [0.25, 0.3) is 10.9 Å². The zero-order chi connectivity index (χ0) is 18.1. The van der Waals surface area contributed by atoms with Gasteiger partial charge in [-0.2, -0.15) is 0 Å². The summed E-state index contributed by atoms with van der Waals surface area (Å²) in [4.78, 5) is 20.0. The van der Waals surface area contributed by atoms with Crippen molar-refractivity contribution in [1.82, 2.24) is 4.98 Å². The van der Waals surface area contributed by atoms with E-state index in [9.17, 15) is 4.79 Å². The van der Waals surface area contributed by atoms with Crippen LogP contribution in [-0.2, 0) is 6.42 Å². The molecule has 0 bridgehead atoms. The maximum Gasteiger partial charge on any atom is 0.258 e. The molecule has 0 saturated carbocycles. The van der Waals surface area contributed by atoms with Gasteiger partial charge < -0.3 is 4.90 Å². The number of para-hydroxylation sites is 1. The molecule has 0 unspecified atom stereocenters. The Morgan fingerprint density at radius 1 is 1.15 bits per heavy atom. The minimum Gasteiger partial charge on any atom is -0.303 e. The summed E-state index contributed by atoms with van der Waals surface area (Å²) in [6.07, 6.45) is 5.98. The molecule has 0 saturated heterocycles. The number of rotatable bonds is 4. The van der Waals surface area contributed by atoms with E-state index < -0.39 is 0 Å². The van der Waals surface area contributed by atoms with Crippen LogP contribution in [-0.4, -0.2) is 16.9 Å². The van der Waals surface area contributed by atoms with Gasteiger partial charge in [-0.15, -0.1) is 0 Å². The molecule has 1 aliphatic rings. The standard InChI is InChI=1S/C23H24N2O/c1-3-4-9-19-15-18-14-16(2)11-12-20(18)23(26)25(19)21-10-5-7-17-8-6-13-24-22(17)21/h5-8,10-14,19H,3-4,9,15H2,1-2H3/t19-/m1/s1. The smallest absolute Gasteiger partial charge is 0.258 e. The largest absolute Gasteiger partial charge is 0.303 e. The lowest BCUT2D eigenvalue weighted by molar-refractivity contribution is 0.0965. The maximum absolute atomic E-state index is 13.4. The van der Waals surface area contributed by atoms with Gasteiger partial charge in [0, 0.05) is 23.2 Å². The molecule has 3 heteroatoms. The molecule has 3 nitrogen and oxygen atoms in total. The second-order valence-corrected chi connectivity index (χ2v) is 7.19. The quantitative estimate of drug-likeness (QED) is 0.643. The number of unbranched alkanes of at least 4 members (excludes halogenated alkanes) is 1. The van der Waals surface area contributed by atoms with Gasteiger partial charge >= 0.3 is 0 Å². The van der Waals surface area contributed by atoms with Crippen molar-refractivity contribution >= 4 is 22.5 Å². The highest BCUT2D eigenvalue weighted by molar-refractivity contribution is 6.12. The third-order valence-electron chi connectivity index (χ3n) is 5.29. The normalized spacial score (nSPS) is 16.8. The predicted molar refractivity (Wildman–Crippen MR) is 107 cm³/mol. The molecule has 1 aliphatic heterocycles. The maximum atomic E-state index is 13.4. The average Bonchev–Trinajstić information content (AvgIpc) is 2.66. The number of hydrogen-bond acceptors (Lipinski definition) is 2. The van der Waals surface area contributed by atoms with Gasteiger partial charge in [-0.1, -0.05) is 55.7 Å². The Morgan fingerprint density at radius 2 is 2.00 bits per heavy atom. The molecule has 1 atom stereocenters. The van der Waals surface area contributed by atoms with Crippen molar-refractivity contribution in [3.05, 3.63) is 71.4 Å². The van der Waals surface area contributed by atoms with E-state index in [2.05, 4.69) is 37.0 Å². The summed E-state index contributed by atoms with van der Waals surface area (Å²) < 4.78 is 0. The van der Waals surface area contributed by atoms with Crippen LogP contribution in [0.4, 0.5) is 5.69 Å². The lowest BCUT2D eigenvalue weighted by Gasteiger charge is -2.37. The second-order valence-electron chi connectivity index (χ2n) is 7.19. The summed E-state index contributed by atoms with van der Waals surface area (Å²) >= 11 is 0. The van der Waals surface area contributed by atoms with E-state index in [1.54, 1.807) is 6.20 Å². The Bertz CT molecular complexity index is 958. The van der Waals surface area contributed by atoms with Gasteiger partial charge in [0.1, 0.15) is 0 Å². The van der Waals surface area contributed by atoms with Crippen molar-refractivity contribution in [2.24, 2.45) is 0 Å². The number of benzene rings is 2. The molecule has 0 radical (unpaired) electrons. The molecule has 2 heterocycles. The van der Waals surface area contributed by atoms with Crippen LogP contribution in [0.15, 0.2) is 54.7 Å². The van der Waals surface area contributed by atoms with Crippen molar-refractivity contribution in [2.75, 3.05) is 4.90 Å². The van der Waals surface area contributed by atoms with Crippen LogP contribution < -0.4 is 4.90 Å². The molecule has 0 N–H and O–H groups in total. The van der Waals surface area contributed by atoms with Crippen molar-refractivity contribution in [3.63, 3.8) is 0 Å². The Hall–Kier alpha value is -2.68. The summed E-state index contributed by atoms with van der Waals surface area (Å²) in [7, 11) is 0. The predicted octanol–water partition coefficient (Wildman–Crippen LogP) is 5.30. The van der Waals surface area contributed by atoms with Gasteiger partial charge in [0.2, 0.25) is 0 Å². The zero-order valence-corrected chi connectivity index (χ0v) is 15.4. The van der Waals surface area contributed by atoms with Gasteiger partial charge in [-0.05, 0) is 43.5 Å². The lowest BCUT2D eigenvalue weighted by atomic mass is 9.89. The molecule has 0 aliphatic carbocycles. The monoisotopic (exact) mass is 344 g/mol. The second kappa shape index (κ2) is 6.91. The molecule has 4 rings (SSSR count). The number of aryl methyl sites for hydroxylation is 1. The molecule has 1 aromatic heterocycles. The van der Waals surface area contributed by atoms with Crippen molar-refractivity contribution in [1.29, 1.82) is 0 Å². The van der Waals surface area contributed by atoms with E-state index in [1.165, 1.54) is 11.1 Å². The highest BCUT2D eigenvalue weighted by atomic mass is 16.2. The first kappa shape index (κ1) is 16.8.